The molecule has 0 fully saturated rings. The second kappa shape index (κ2) is 9.37. The zero-order valence-electron chi connectivity index (χ0n) is 18.4. The number of rotatable bonds is 8. The van der Waals surface area contributed by atoms with Crippen LogP contribution in [0.2, 0.25) is 0 Å². The van der Waals surface area contributed by atoms with Gasteiger partial charge in [-0.1, -0.05) is 60.7 Å². The van der Waals surface area contributed by atoms with E-state index in [1.807, 2.05) is 102 Å². The van der Waals surface area contributed by atoms with Crippen molar-refractivity contribution in [3.63, 3.8) is 0 Å². The van der Waals surface area contributed by atoms with Gasteiger partial charge in [-0.25, -0.2) is 0 Å². The third-order valence-corrected chi connectivity index (χ3v) is 6.19. The molecular formula is C28H24N2O4. The predicted octanol–water partition coefficient (Wildman–Crippen LogP) is 4.38. The topological polar surface area (TPSA) is 80.6 Å². The molecule has 1 unspecified atom stereocenters. The van der Waals surface area contributed by atoms with Crippen molar-refractivity contribution >= 4 is 11.9 Å². The van der Waals surface area contributed by atoms with Crippen LogP contribution in [0.1, 0.15) is 22.6 Å². The molecular weight excluding hydrogens is 428 g/mol. The average Bonchev–Trinajstić information content (AvgIpc) is 3.50. The Bertz CT molecular complexity index is 1270. The second-order valence-corrected chi connectivity index (χ2v) is 8.27. The molecule has 3 aromatic carbocycles. The molecule has 34 heavy (non-hydrogen) atoms. The van der Waals surface area contributed by atoms with E-state index in [2.05, 4.69) is 5.32 Å². The molecule has 5 rings (SSSR count). The lowest BCUT2D eigenvalue weighted by molar-refractivity contribution is -0.148. The Labute approximate surface area is 197 Å². The summed E-state index contributed by atoms with van der Waals surface area (Å²) in [5.74, 6) is -1.91. The first-order valence-electron chi connectivity index (χ1n) is 11.1. The fraction of sp³-hybridized carbons (Fsp3) is 0.143. The van der Waals surface area contributed by atoms with Crippen LogP contribution in [0.5, 0.6) is 0 Å². The molecule has 0 bridgehead atoms. The third kappa shape index (κ3) is 4.23. The molecule has 0 spiro atoms. The summed E-state index contributed by atoms with van der Waals surface area (Å²) in [5, 5.41) is 12.5. The van der Waals surface area contributed by atoms with Gasteiger partial charge in [0.2, 0.25) is 0 Å². The Balaban J connectivity index is 1.23. The number of carboxylic acid groups (broad SMARTS) is 1. The van der Waals surface area contributed by atoms with Gasteiger partial charge in [-0.2, -0.15) is 0 Å². The number of esters is 1. The molecule has 170 valence electrons. The SMILES string of the molecule is O=C(O)C(Cc1ccc(-n2cccc2)cc1)NCOC(=O)C1c2ccccc2-c2ccccc21. The Morgan fingerprint density at radius 1 is 0.853 bits per heavy atom. The summed E-state index contributed by atoms with van der Waals surface area (Å²) >= 11 is 0. The van der Waals surface area contributed by atoms with E-state index in [1.165, 1.54) is 0 Å². The second-order valence-electron chi connectivity index (χ2n) is 8.27. The molecule has 0 amide bonds. The summed E-state index contributed by atoms with van der Waals surface area (Å²) in [4.78, 5) is 24.8. The van der Waals surface area contributed by atoms with Crippen LogP contribution in [0.3, 0.4) is 0 Å². The summed E-state index contributed by atoms with van der Waals surface area (Å²) in [7, 11) is 0. The van der Waals surface area contributed by atoms with Gasteiger partial charge in [-0.3, -0.25) is 14.9 Å². The van der Waals surface area contributed by atoms with Crippen LogP contribution in [0.4, 0.5) is 0 Å². The van der Waals surface area contributed by atoms with Crippen molar-refractivity contribution in [2.75, 3.05) is 6.73 Å². The van der Waals surface area contributed by atoms with Gasteiger partial charge in [-0.05, 0) is 58.5 Å². The molecule has 6 nitrogen and oxygen atoms in total. The molecule has 6 heteroatoms. The Morgan fingerprint density at radius 2 is 1.44 bits per heavy atom. The highest BCUT2D eigenvalue weighted by molar-refractivity contribution is 5.93. The first-order chi connectivity index (χ1) is 16.6. The van der Waals surface area contributed by atoms with E-state index in [1.54, 1.807) is 0 Å². The van der Waals surface area contributed by atoms with E-state index in [0.29, 0.717) is 0 Å². The van der Waals surface area contributed by atoms with Crippen molar-refractivity contribution < 1.29 is 19.4 Å². The van der Waals surface area contributed by atoms with Crippen LogP contribution in [0, 0.1) is 0 Å². The summed E-state index contributed by atoms with van der Waals surface area (Å²) in [6.07, 6.45) is 4.17. The molecule has 0 saturated carbocycles. The number of hydrogen-bond acceptors (Lipinski definition) is 4. The summed E-state index contributed by atoms with van der Waals surface area (Å²) in [6.45, 7) is -0.182. The number of nitrogens with one attached hydrogen (secondary N) is 1. The van der Waals surface area contributed by atoms with Crippen LogP contribution in [0.25, 0.3) is 16.8 Å². The zero-order valence-corrected chi connectivity index (χ0v) is 18.4. The van der Waals surface area contributed by atoms with Crippen LogP contribution >= 0.6 is 0 Å². The highest BCUT2D eigenvalue weighted by Gasteiger charge is 2.34. The number of carbonyl (C=O) groups is 2. The van der Waals surface area contributed by atoms with E-state index in [-0.39, 0.29) is 13.2 Å². The number of carboxylic acids is 1. The minimum Gasteiger partial charge on any atom is -0.480 e. The Hall–Kier alpha value is -4.16. The minimum absolute atomic E-state index is 0.182. The van der Waals surface area contributed by atoms with Crippen molar-refractivity contribution in [3.05, 3.63) is 114 Å². The molecule has 1 aromatic heterocycles. The number of ether oxygens (including phenoxy) is 1. The van der Waals surface area contributed by atoms with E-state index in [4.69, 9.17) is 4.74 Å². The summed E-state index contributed by atoms with van der Waals surface area (Å²) in [5.41, 5.74) is 5.75. The number of aliphatic carboxylic acids is 1. The van der Waals surface area contributed by atoms with Crippen LogP contribution in [0.15, 0.2) is 97.3 Å². The van der Waals surface area contributed by atoms with Gasteiger partial charge >= 0.3 is 11.9 Å². The molecule has 0 saturated heterocycles. The highest BCUT2D eigenvalue weighted by atomic mass is 16.5. The number of fused-ring (bicyclic) bond motifs is 3. The predicted molar refractivity (Wildman–Crippen MR) is 129 cm³/mol. The lowest BCUT2D eigenvalue weighted by atomic mass is 9.97. The lowest BCUT2D eigenvalue weighted by Gasteiger charge is -2.17. The van der Waals surface area contributed by atoms with E-state index in [0.717, 1.165) is 33.5 Å². The standard InChI is InChI=1S/C28H24N2O4/c31-27(32)25(17-19-11-13-20(14-12-19)30-15-5-6-16-30)29-18-34-28(33)26-23-9-3-1-7-21(23)22-8-2-4-10-24(22)26/h1-16,25-26,29H,17-18H2,(H,31,32). The fourth-order valence-electron chi connectivity index (χ4n) is 4.50. The van der Waals surface area contributed by atoms with Crippen LogP contribution in [-0.2, 0) is 20.7 Å². The van der Waals surface area contributed by atoms with Crippen LogP contribution < -0.4 is 5.32 Å². The molecule has 2 N–H and O–H groups in total. The maximum absolute atomic E-state index is 13.0. The maximum atomic E-state index is 13.0. The van der Waals surface area contributed by atoms with E-state index >= 15 is 0 Å². The minimum atomic E-state index is -0.998. The molecule has 0 aliphatic heterocycles. The van der Waals surface area contributed by atoms with Crippen molar-refractivity contribution in [2.45, 2.75) is 18.4 Å². The number of nitrogens with zero attached hydrogens (tertiary/aromatic N) is 1. The number of carbonyl (C=O) groups excluding carboxylic acids is 1. The van der Waals surface area contributed by atoms with Gasteiger partial charge in [0.25, 0.3) is 0 Å². The molecule has 1 heterocycles. The number of hydrogen-bond donors (Lipinski definition) is 2. The lowest BCUT2D eigenvalue weighted by Crippen LogP contribution is -2.40. The van der Waals surface area contributed by atoms with Gasteiger partial charge in [0.1, 0.15) is 18.7 Å². The average molecular weight is 453 g/mol. The zero-order chi connectivity index (χ0) is 23.5. The number of aromatic nitrogens is 1. The number of benzene rings is 3. The normalized spacial score (nSPS) is 13.2. The van der Waals surface area contributed by atoms with E-state index < -0.39 is 23.9 Å². The highest BCUT2D eigenvalue weighted by Crippen LogP contribution is 2.44. The van der Waals surface area contributed by atoms with Gasteiger partial charge < -0.3 is 14.4 Å². The van der Waals surface area contributed by atoms with Crippen molar-refractivity contribution in [1.29, 1.82) is 0 Å². The van der Waals surface area contributed by atoms with Crippen molar-refractivity contribution in [3.8, 4) is 16.8 Å². The van der Waals surface area contributed by atoms with Gasteiger partial charge in [0, 0.05) is 18.1 Å². The van der Waals surface area contributed by atoms with Crippen molar-refractivity contribution in [2.24, 2.45) is 0 Å². The first kappa shape index (κ1) is 21.7. The smallest absolute Gasteiger partial charge is 0.321 e. The molecule has 1 atom stereocenters. The Morgan fingerprint density at radius 3 is 2.03 bits per heavy atom. The third-order valence-electron chi connectivity index (χ3n) is 6.19. The monoisotopic (exact) mass is 452 g/mol. The fourth-order valence-corrected chi connectivity index (χ4v) is 4.50. The largest absolute Gasteiger partial charge is 0.480 e. The summed E-state index contributed by atoms with van der Waals surface area (Å²) in [6, 6.07) is 26.3. The molecule has 1 aliphatic rings. The molecule has 4 aromatic rings. The van der Waals surface area contributed by atoms with Gasteiger partial charge in [0.15, 0.2) is 0 Å². The first-order valence-corrected chi connectivity index (χ1v) is 11.1. The maximum Gasteiger partial charge on any atom is 0.321 e. The van der Waals surface area contributed by atoms with Crippen LogP contribution in [-0.4, -0.2) is 34.4 Å². The van der Waals surface area contributed by atoms with Crippen molar-refractivity contribution in [1.82, 2.24) is 9.88 Å². The van der Waals surface area contributed by atoms with Gasteiger partial charge in [0.05, 0.1) is 0 Å². The quantitative estimate of drug-likeness (QED) is 0.306. The van der Waals surface area contributed by atoms with Gasteiger partial charge in [-0.15, -0.1) is 0 Å². The molecule has 1 aliphatic carbocycles. The summed E-state index contributed by atoms with van der Waals surface area (Å²) < 4.78 is 7.49. The molecule has 0 radical (unpaired) electrons. The Kier molecular flexibility index (Phi) is 5.97. The van der Waals surface area contributed by atoms with E-state index in [9.17, 15) is 14.7 Å².